The van der Waals surface area contributed by atoms with Crippen LogP contribution in [0.2, 0.25) is 0 Å². The van der Waals surface area contributed by atoms with Gasteiger partial charge in [0.05, 0.1) is 0 Å². The molecule has 0 aliphatic heterocycles. The van der Waals surface area contributed by atoms with E-state index in [1.54, 1.807) is 0 Å². The number of carbonyl (C=O) groups is 1. The third-order valence-electron chi connectivity index (χ3n) is 3.10. The van der Waals surface area contributed by atoms with Gasteiger partial charge in [-0.1, -0.05) is 27.2 Å². The number of ketones is 1. The molecule has 2 atom stereocenters. The second-order valence-electron chi connectivity index (χ2n) is 5.73. The molecule has 0 amide bonds. The Morgan fingerprint density at radius 1 is 1.36 bits per heavy atom. The Balaban J connectivity index is 2.35. The standard InChI is InChI=1S/C12H23NO/c1-12(2,3)8-7-11(14)9-5-4-6-10(9)13/h9-10H,4-8,13H2,1-3H3. The van der Waals surface area contributed by atoms with E-state index in [2.05, 4.69) is 20.8 Å². The van der Waals surface area contributed by atoms with Crippen molar-refractivity contribution < 1.29 is 4.79 Å². The summed E-state index contributed by atoms with van der Waals surface area (Å²) in [7, 11) is 0. The molecule has 2 unspecified atom stereocenters. The van der Waals surface area contributed by atoms with E-state index in [1.165, 1.54) is 0 Å². The van der Waals surface area contributed by atoms with Crippen LogP contribution in [0.5, 0.6) is 0 Å². The summed E-state index contributed by atoms with van der Waals surface area (Å²) in [5, 5.41) is 0. The van der Waals surface area contributed by atoms with Gasteiger partial charge < -0.3 is 5.73 Å². The Morgan fingerprint density at radius 2 is 2.00 bits per heavy atom. The average molecular weight is 197 g/mol. The maximum absolute atomic E-state index is 11.8. The van der Waals surface area contributed by atoms with Gasteiger partial charge in [0.15, 0.2) is 0 Å². The highest BCUT2D eigenvalue weighted by molar-refractivity contribution is 5.82. The van der Waals surface area contributed by atoms with Gasteiger partial charge >= 0.3 is 0 Å². The highest BCUT2D eigenvalue weighted by atomic mass is 16.1. The van der Waals surface area contributed by atoms with Crippen LogP contribution in [0.1, 0.15) is 52.9 Å². The molecule has 0 aromatic heterocycles. The number of hydrogen-bond acceptors (Lipinski definition) is 2. The Labute approximate surface area is 87.2 Å². The Morgan fingerprint density at radius 3 is 2.43 bits per heavy atom. The van der Waals surface area contributed by atoms with Crippen molar-refractivity contribution in [3.05, 3.63) is 0 Å². The highest BCUT2D eigenvalue weighted by Gasteiger charge is 2.30. The van der Waals surface area contributed by atoms with E-state index < -0.39 is 0 Å². The van der Waals surface area contributed by atoms with Crippen LogP contribution in [-0.2, 0) is 4.79 Å². The lowest BCUT2D eigenvalue weighted by Gasteiger charge is -2.20. The molecule has 1 aliphatic rings. The number of nitrogens with two attached hydrogens (primary N) is 1. The molecule has 0 spiro atoms. The highest BCUT2D eigenvalue weighted by Crippen LogP contribution is 2.28. The number of Topliss-reactive ketones (excluding diaryl/α,β-unsaturated/α-hetero) is 1. The van der Waals surface area contributed by atoms with E-state index >= 15 is 0 Å². The minimum absolute atomic E-state index is 0.141. The largest absolute Gasteiger partial charge is 0.327 e. The first-order valence-electron chi connectivity index (χ1n) is 5.68. The van der Waals surface area contributed by atoms with Crippen LogP contribution in [0.15, 0.2) is 0 Å². The lowest BCUT2D eigenvalue weighted by Crippen LogP contribution is -2.31. The zero-order valence-electron chi connectivity index (χ0n) is 9.68. The van der Waals surface area contributed by atoms with Gasteiger partial charge in [-0.25, -0.2) is 0 Å². The molecule has 1 rings (SSSR count). The molecular formula is C12H23NO. The molecule has 0 aromatic carbocycles. The molecule has 2 N–H and O–H groups in total. The summed E-state index contributed by atoms with van der Waals surface area (Å²) in [6.07, 6.45) is 4.88. The average Bonchev–Trinajstić information content (AvgIpc) is 2.46. The molecule has 0 aromatic rings. The summed E-state index contributed by atoms with van der Waals surface area (Å²) in [4.78, 5) is 11.8. The topological polar surface area (TPSA) is 43.1 Å². The summed E-state index contributed by atoms with van der Waals surface area (Å²) in [6, 6.07) is 0.141. The molecule has 1 fully saturated rings. The Kier molecular flexibility index (Phi) is 3.71. The lowest BCUT2D eigenvalue weighted by molar-refractivity contribution is -0.123. The van der Waals surface area contributed by atoms with Crippen LogP contribution in [0, 0.1) is 11.3 Å². The summed E-state index contributed by atoms with van der Waals surface area (Å²) in [6.45, 7) is 6.53. The van der Waals surface area contributed by atoms with Crippen molar-refractivity contribution in [1.29, 1.82) is 0 Å². The van der Waals surface area contributed by atoms with Gasteiger partial charge in [-0.15, -0.1) is 0 Å². The Hall–Kier alpha value is -0.370. The van der Waals surface area contributed by atoms with Gasteiger partial charge in [-0.2, -0.15) is 0 Å². The van der Waals surface area contributed by atoms with E-state index in [0.29, 0.717) is 12.2 Å². The maximum Gasteiger partial charge on any atom is 0.137 e. The van der Waals surface area contributed by atoms with Crippen molar-refractivity contribution in [3.63, 3.8) is 0 Å². The lowest BCUT2D eigenvalue weighted by atomic mass is 9.86. The Bertz CT molecular complexity index is 205. The molecule has 0 saturated heterocycles. The zero-order valence-corrected chi connectivity index (χ0v) is 9.68. The molecule has 2 nitrogen and oxygen atoms in total. The normalized spacial score (nSPS) is 28.0. The van der Waals surface area contributed by atoms with Crippen molar-refractivity contribution in [2.45, 2.75) is 58.9 Å². The van der Waals surface area contributed by atoms with E-state index in [4.69, 9.17) is 5.73 Å². The molecule has 0 radical (unpaired) electrons. The zero-order chi connectivity index (χ0) is 10.8. The maximum atomic E-state index is 11.8. The van der Waals surface area contributed by atoms with Gasteiger partial charge in [0.2, 0.25) is 0 Å². The second-order valence-corrected chi connectivity index (χ2v) is 5.73. The predicted molar refractivity (Wildman–Crippen MR) is 59.0 cm³/mol. The van der Waals surface area contributed by atoms with E-state index in [1.807, 2.05) is 0 Å². The van der Waals surface area contributed by atoms with E-state index in [0.717, 1.165) is 25.7 Å². The van der Waals surface area contributed by atoms with E-state index in [-0.39, 0.29) is 17.4 Å². The van der Waals surface area contributed by atoms with Crippen molar-refractivity contribution >= 4 is 5.78 Å². The minimum Gasteiger partial charge on any atom is -0.327 e. The second kappa shape index (κ2) is 4.43. The summed E-state index contributed by atoms with van der Waals surface area (Å²) >= 11 is 0. The van der Waals surface area contributed by atoms with Crippen LogP contribution in [0.25, 0.3) is 0 Å². The van der Waals surface area contributed by atoms with Gasteiger partial charge in [-0.05, 0) is 24.7 Å². The number of hydrogen-bond donors (Lipinski definition) is 1. The molecule has 1 saturated carbocycles. The SMILES string of the molecule is CC(C)(C)CCC(=O)C1CCCC1N. The quantitative estimate of drug-likeness (QED) is 0.755. The fourth-order valence-corrected chi connectivity index (χ4v) is 2.07. The molecule has 14 heavy (non-hydrogen) atoms. The predicted octanol–water partition coefficient (Wildman–Crippen LogP) is 2.51. The molecular weight excluding hydrogens is 174 g/mol. The van der Waals surface area contributed by atoms with Gasteiger partial charge in [0.1, 0.15) is 5.78 Å². The first-order chi connectivity index (χ1) is 6.40. The number of rotatable bonds is 3. The van der Waals surface area contributed by atoms with Crippen LogP contribution in [0.3, 0.4) is 0 Å². The molecule has 82 valence electrons. The molecule has 1 aliphatic carbocycles. The first-order valence-corrected chi connectivity index (χ1v) is 5.68. The summed E-state index contributed by atoms with van der Waals surface area (Å²) in [5.41, 5.74) is 6.16. The van der Waals surface area contributed by atoms with Crippen molar-refractivity contribution in [1.82, 2.24) is 0 Å². The smallest absolute Gasteiger partial charge is 0.137 e. The van der Waals surface area contributed by atoms with Crippen molar-refractivity contribution in [2.75, 3.05) is 0 Å². The van der Waals surface area contributed by atoms with Gasteiger partial charge in [0.25, 0.3) is 0 Å². The fraction of sp³-hybridized carbons (Fsp3) is 0.917. The van der Waals surface area contributed by atoms with Gasteiger partial charge in [-0.3, -0.25) is 4.79 Å². The van der Waals surface area contributed by atoms with Crippen LogP contribution in [0.4, 0.5) is 0 Å². The fourth-order valence-electron chi connectivity index (χ4n) is 2.07. The molecule has 0 bridgehead atoms. The number of carbonyl (C=O) groups excluding carboxylic acids is 1. The van der Waals surface area contributed by atoms with Crippen LogP contribution < -0.4 is 5.73 Å². The summed E-state index contributed by atoms with van der Waals surface area (Å²) in [5.74, 6) is 0.558. The summed E-state index contributed by atoms with van der Waals surface area (Å²) < 4.78 is 0. The third kappa shape index (κ3) is 3.41. The molecule has 0 heterocycles. The van der Waals surface area contributed by atoms with Crippen LogP contribution >= 0.6 is 0 Å². The van der Waals surface area contributed by atoms with Crippen LogP contribution in [-0.4, -0.2) is 11.8 Å². The third-order valence-corrected chi connectivity index (χ3v) is 3.10. The minimum atomic E-state index is 0.141. The van der Waals surface area contributed by atoms with Crippen molar-refractivity contribution in [3.8, 4) is 0 Å². The first kappa shape index (κ1) is 11.7. The van der Waals surface area contributed by atoms with E-state index in [9.17, 15) is 4.79 Å². The van der Waals surface area contributed by atoms with Gasteiger partial charge in [0, 0.05) is 18.4 Å². The van der Waals surface area contributed by atoms with Crippen molar-refractivity contribution in [2.24, 2.45) is 17.1 Å². The molecule has 2 heteroatoms. The monoisotopic (exact) mass is 197 g/mol.